The average molecular weight is 332 g/mol. The number of halogens is 1. The summed E-state index contributed by atoms with van der Waals surface area (Å²) in [4.78, 5) is 25.5. The molecular formula is C14H10ClN5O3. The van der Waals surface area contributed by atoms with Gasteiger partial charge in [-0.25, -0.2) is 4.79 Å². The summed E-state index contributed by atoms with van der Waals surface area (Å²) in [5.74, 6) is -0.286. The third-order valence-electron chi connectivity index (χ3n) is 2.96. The van der Waals surface area contributed by atoms with E-state index in [4.69, 9.17) is 16.3 Å². The second-order valence-corrected chi connectivity index (χ2v) is 4.89. The van der Waals surface area contributed by atoms with Gasteiger partial charge in [-0.05, 0) is 28.6 Å². The molecule has 0 amide bonds. The number of aromatic nitrogens is 5. The molecule has 2 aromatic heterocycles. The van der Waals surface area contributed by atoms with Crippen LogP contribution in [-0.2, 0) is 11.3 Å². The zero-order chi connectivity index (χ0) is 16.2. The predicted molar refractivity (Wildman–Crippen MR) is 80.3 cm³/mol. The number of carbonyl (C=O) groups is 1. The van der Waals surface area contributed by atoms with Crippen LogP contribution < -0.4 is 5.56 Å². The molecule has 0 spiro atoms. The van der Waals surface area contributed by atoms with E-state index in [1.807, 2.05) is 30.3 Å². The van der Waals surface area contributed by atoms with Gasteiger partial charge in [-0.15, -0.1) is 5.10 Å². The van der Waals surface area contributed by atoms with Gasteiger partial charge in [0.2, 0.25) is 0 Å². The molecule has 0 saturated carbocycles. The van der Waals surface area contributed by atoms with Gasteiger partial charge < -0.3 is 9.72 Å². The van der Waals surface area contributed by atoms with Crippen LogP contribution in [0.3, 0.4) is 0 Å². The molecule has 0 fully saturated rings. The number of nitrogens with one attached hydrogen (secondary N) is 1. The van der Waals surface area contributed by atoms with Crippen molar-refractivity contribution in [3.8, 4) is 5.69 Å². The van der Waals surface area contributed by atoms with Gasteiger partial charge in [-0.3, -0.25) is 4.79 Å². The molecule has 23 heavy (non-hydrogen) atoms. The zero-order valence-corrected chi connectivity index (χ0v) is 12.4. The summed E-state index contributed by atoms with van der Waals surface area (Å²) in [5.41, 5.74) is 0.403. The number of para-hydroxylation sites is 1. The Bertz CT molecular complexity index is 891. The number of pyridine rings is 1. The lowest BCUT2D eigenvalue weighted by Gasteiger charge is -2.06. The summed E-state index contributed by atoms with van der Waals surface area (Å²) in [6.45, 7) is -0.128. The fourth-order valence-corrected chi connectivity index (χ4v) is 2.02. The Labute approximate surface area is 134 Å². The zero-order valence-electron chi connectivity index (χ0n) is 11.6. The first-order valence-corrected chi connectivity index (χ1v) is 6.91. The van der Waals surface area contributed by atoms with E-state index in [2.05, 4.69) is 20.5 Å². The molecule has 0 atom stereocenters. The molecule has 9 heteroatoms. The Morgan fingerprint density at radius 1 is 1.30 bits per heavy atom. The smallest absolute Gasteiger partial charge is 0.340 e. The van der Waals surface area contributed by atoms with Gasteiger partial charge in [0.25, 0.3) is 5.56 Å². The minimum atomic E-state index is -0.647. The van der Waals surface area contributed by atoms with Gasteiger partial charge in [0.1, 0.15) is 5.02 Å². The van der Waals surface area contributed by atoms with Gasteiger partial charge in [-0.2, -0.15) is 4.68 Å². The highest BCUT2D eigenvalue weighted by Gasteiger charge is 2.13. The van der Waals surface area contributed by atoms with Crippen LogP contribution >= 0.6 is 11.6 Å². The minimum Gasteiger partial charge on any atom is -0.454 e. The molecule has 0 saturated heterocycles. The summed E-state index contributed by atoms with van der Waals surface area (Å²) in [5, 5.41) is 11.2. The first kappa shape index (κ1) is 14.9. The molecule has 3 aromatic rings. The number of ether oxygens (including phenoxy) is 1. The van der Waals surface area contributed by atoms with Crippen LogP contribution in [0.2, 0.25) is 5.02 Å². The summed E-state index contributed by atoms with van der Waals surface area (Å²) in [6, 6.07) is 10.4. The molecule has 0 aliphatic rings. The van der Waals surface area contributed by atoms with Crippen molar-refractivity contribution in [1.82, 2.24) is 25.2 Å². The number of benzene rings is 1. The summed E-state index contributed by atoms with van der Waals surface area (Å²) in [7, 11) is 0. The Morgan fingerprint density at radius 2 is 2.09 bits per heavy atom. The van der Waals surface area contributed by atoms with Gasteiger partial charge in [0.15, 0.2) is 12.4 Å². The lowest BCUT2D eigenvalue weighted by molar-refractivity contribution is 0.0459. The van der Waals surface area contributed by atoms with Crippen molar-refractivity contribution < 1.29 is 9.53 Å². The number of tetrazole rings is 1. The van der Waals surface area contributed by atoms with Crippen molar-refractivity contribution in [3.63, 3.8) is 0 Å². The van der Waals surface area contributed by atoms with E-state index in [1.54, 1.807) is 0 Å². The molecule has 0 bridgehead atoms. The number of H-pyrrole nitrogens is 1. The van der Waals surface area contributed by atoms with E-state index in [0.29, 0.717) is 5.82 Å². The molecule has 8 nitrogen and oxygen atoms in total. The average Bonchev–Trinajstić information content (AvgIpc) is 3.04. The van der Waals surface area contributed by atoms with Crippen LogP contribution in [0.5, 0.6) is 0 Å². The van der Waals surface area contributed by atoms with Gasteiger partial charge in [0, 0.05) is 6.20 Å². The molecule has 1 N–H and O–H groups in total. The van der Waals surface area contributed by atoms with Crippen LogP contribution in [0.15, 0.2) is 47.4 Å². The first-order chi connectivity index (χ1) is 11.1. The van der Waals surface area contributed by atoms with Gasteiger partial charge >= 0.3 is 5.97 Å². The first-order valence-electron chi connectivity index (χ1n) is 6.53. The van der Waals surface area contributed by atoms with Crippen molar-refractivity contribution in [3.05, 3.63) is 69.4 Å². The highest BCUT2D eigenvalue weighted by molar-refractivity contribution is 6.30. The second kappa shape index (κ2) is 6.41. The van der Waals surface area contributed by atoms with E-state index in [0.717, 1.165) is 5.69 Å². The summed E-state index contributed by atoms with van der Waals surface area (Å²) in [6.07, 6.45) is 1.23. The van der Waals surface area contributed by atoms with Crippen molar-refractivity contribution in [1.29, 1.82) is 0 Å². The van der Waals surface area contributed by atoms with E-state index < -0.39 is 11.5 Å². The fourth-order valence-electron chi connectivity index (χ4n) is 1.85. The van der Waals surface area contributed by atoms with Gasteiger partial charge in [0.05, 0.1) is 11.3 Å². The molecule has 0 aliphatic heterocycles. The fraction of sp³-hybridized carbons (Fsp3) is 0.0714. The number of aromatic amines is 1. The topological polar surface area (TPSA) is 103 Å². The Morgan fingerprint density at radius 3 is 2.83 bits per heavy atom. The molecule has 0 aliphatic carbocycles. The molecule has 3 rings (SSSR count). The van der Waals surface area contributed by atoms with E-state index >= 15 is 0 Å². The normalized spacial score (nSPS) is 10.5. The standard InChI is InChI=1S/C14H10ClN5O3/c15-11-6-9(7-16-13(11)21)14(22)23-8-12-17-18-19-20(12)10-4-2-1-3-5-10/h1-7H,8H2,(H,16,21). The molecule has 0 radical (unpaired) electrons. The van der Waals surface area contributed by atoms with E-state index in [9.17, 15) is 9.59 Å². The molecular weight excluding hydrogens is 322 g/mol. The summed E-state index contributed by atoms with van der Waals surface area (Å²) >= 11 is 5.67. The van der Waals surface area contributed by atoms with E-state index in [-0.39, 0.29) is 17.2 Å². The highest BCUT2D eigenvalue weighted by Crippen LogP contribution is 2.10. The van der Waals surface area contributed by atoms with Crippen LogP contribution in [-0.4, -0.2) is 31.2 Å². The molecule has 0 unspecified atom stereocenters. The van der Waals surface area contributed by atoms with Crippen LogP contribution in [0.25, 0.3) is 5.69 Å². The number of hydrogen-bond acceptors (Lipinski definition) is 6. The number of rotatable bonds is 4. The Balaban J connectivity index is 1.74. The number of carbonyl (C=O) groups excluding carboxylic acids is 1. The maximum atomic E-state index is 12.0. The predicted octanol–water partition coefficient (Wildman–Crippen LogP) is 1.36. The van der Waals surface area contributed by atoms with Crippen molar-refractivity contribution in [2.24, 2.45) is 0 Å². The third kappa shape index (κ3) is 3.27. The van der Waals surface area contributed by atoms with Crippen LogP contribution in [0, 0.1) is 0 Å². The van der Waals surface area contributed by atoms with Crippen LogP contribution in [0.1, 0.15) is 16.2 Å². The molecule has 2 heterocycles. The minimum absolute atomic E-state index is 0.0893. The maximum Gasteiger partial charge on any atom is 0.340 e. The van der Waals surface area contributed by atoms with Crippen molar-refractivity contribution in [2.45, 2.75) is 6.61 Å². The number of hydrogen-bond donors (Lipinski definition) is 1. The lowest BCUT2D eigenvalue weighted by atomic mass is 10.3. The molecule has 1 aromatic carbocycles. The number of esters is 1. The van der Waals surface area contributed by atoms with Crippen LogP contribution in [0.4, 0.5) is 0 Å². The van der Waals surface area contributed by atoms with Crippen molar-refractivity contribution >= 4 is 17.6 Å². The highest BCUT2D eigenvalue weighted by atomic mass is 35.5. The van der Waals surface area contributed by atoms with Gasteiger partial charge in [-0.1, -0.05) is 29.8 Å². The summed E-state index contributed by atoms with van der Waals surface area (Å²) < 4.78 is 6.61. The molecule has 116 valence electrons. The quantitative estimate of drug-likeness (QED) is 0.724. The lowest BCUT2D eigenvalue weighted by Crippen LogP contribution is -2.13. The maximum absolute atomic E-state index is 12.0. The van der Waals surface area contributed by atoms with Crippen molar-refractivity contribution in [2.75, 3.05) is 0 Å². The second-order valence-electron chi connectivity index (χ2n) is 4.48. The van der Waals surface area contributed by atoms with E-state index in [1.165, 1.54) is 16.9 Å². The monoisotopic (exact) mass is 331 g/mol. The Hall–Kier alpha value is -3.00. The largest absolute Gasteiger partial charge is 0.454 e. The Kier molecular flexibility index (Phi) is 4.15. The SMILES string of the molecule is O=C(OCc1nnnn1-c1ccccc1)c1c[nH]c(=O)c(Cl)c1. The number of nitrogens with zero attached hydrogens (tertiary/aromatic N) is 4. The third-order valence-corrected chi connectivity index (χ3v) is 3.24.